The van der Waals surface area contributed by atoms with Gasteiger partial charge < -0.3 is 14.8 Å². The predicted molar refractivity (Wildman–Crippen MR) is 90.5 cm³/mol. The smallest absolute Gasteiger partial charge is 0.234 e. The maximum absolute atomic E-state index is 12.9. The van der Waals surface area contributed by atoms with E-state index in [9.17, 15) is 13.2 Å². The van der Waals surface area contributed by atoms with Crippen molar-refractivity contribution in [2.45, 2.75) is 9.46 Å². The molecule has 1 aliphatic heterocycles. The van der Waals surface area contributed by atoms with Crippen LogP contribution in [0.3, 0.4) is 0 Å². The Bertz CT molecular complexity index is 836. The standard InChI is InChI=1S/C15H14ClNO5S2/c16-7-14(18)17-8-13(24(19,20)15-2-1-5-23-15)10-3-4-11-12(6-10)22-9-21-11/h1-6,13H,7-9H2,(H,17,18)/t13-/m1/s1. The van der Waals surface area contributed by atoms with Crippen LogP contribution >= 0.6 is 22.9 Å². The fourth-order valence-electron chi connectivity index (χ4n) is 2.34. The molecule has 1 amide bonds. The number of carbonyl (C=O) groups is 1. The molecule has 1 atom stereocenters. The first-order chi connectivity index (χ1) is 11.5. The van der Waals surface area contributed by atoms with Gasteiger partial charge in [0.1, 0.15) is 15.3 Å². The van der Waals surface area contributed by atoms with Crippen molar-refractivity contribution in [2.24, 2.45) is 0 Å². The molecular weight excluding hydrogens is 374 g/mol. The fourth-order valence-corrected chi connectivity index (χ4v) is 5.29. The van der Waals surface area contributed by atoms with Gasteiger partial charge >= 0.3 is 0 Å². The Balaban J connectivity index is 1.97. The Labute approximate surface area is 148 Å². The molecule has 0 fully saturated rings. The second kappa shape index (κ2) is 7.00. The molecular formula is C15H14ClNO5S2. The van der Waals surface area contributed by atoms with Gasteiger partial charge in [-0.25, -0.2) is 8.42 Å². The van der Waals surface area contributed by atoms with Crippen molar-refractivity contribution < 1.29 is 22.7 Å². The van der Waals surface area contributed by atoms with Gasteiger partial charge in [0.15, 0.2) is 21.3 Å². The van der Waals surface area contributed by atoms with E-state index in [-0.39, 0.29) is 23.4 Å². The molecule has 1 aromatic heterocycles. The van der Waals surface area contributed by atoms with Crippen molar-refractivity contribution >= 4 is 38.7 Å². The molecule has 9 heteroatoms. The zero-order valence-corrected chi connectivity index (χ0v) is 14.8. The average Bonchev–Trinajstić information content (AvgIpc) is 3.25. The maximum atomic E-state index is 12.9. The monoisotopic (exact) mass is 387 g/mol. The van der Waals surface area contributed by atoms with Gasteiger partial charge in [0.05, 0.1) is 0 Å². The molecule has 0 saturated heterocycles. The Hall–Kier alpha value is -1.77. The second-order valence-electron chi connectivity index (χ2n) is 5.02. The summed E-state index contributed by atoms with van der Waals surface area (Å²) in [5.41, 5.74) is 0.516. The molecule has 0 unspecified atom stereocenters. The zero-order valence-electron chi connectivity index (χ0n) is 12.4. The van der Waals surface area contributed by atoms with Crippen LogP contribution in [0.2, 0.25) is 0 Å². The van der Waals surface area contributed by atoms with E-state index < -0.39 is 21.0 Å². The van der Waals surface area contributed by atoms with Crippen molar-refractivity contribution in [3.63, 3.8) is 0 Å². The summed E-state index contributed by atoms with van der Waals surface area (Å²) < 4.78 is 36.7. The lowest BCUT2D eigenvalue weighted by atomic mass is 10.1. The predicted octanol–water partition coefficient (Wildman–Crippen LogP) is 2.35. The van der Waals surface area contributed by atoms with Gasteiger partial charge in [-0.3, -0.25) is 4.79 Å². The van der Waals surface area contributed by atoms with E-state index in [1.165, 1.54) is 0 Å². The molecule has 0 saturated carbocycles. The van der Waals surface area contributed by atoms with E-state index in [1.54, 1.807) is 35.7 Å². The van der Waals surface area contributed by atoms with Crippen LogP contribution in [0.5, 0.6) is 11.5 Å². The van der Waals surface area contributed by atoms with E-state index in [4.69, 9.17) is 21.1 Å². The van der Waals surface area contributed by atoms with Gasteiger partial charge in [-0.1, -0.05) is 12.1 Å². The number of sulfone groups is 1. The summed E-state index contributed by atoms with van der Waals surface area (Å²) in [6, 6.07) is 8.17. The van der Waals surface area contributed by atoms with Crippen LogP contribution in [0.4, 0.5) is 0 Å². The number of carbonyl (C=O) groups excluding carboxylic acids is 1. The van der Waals surface area contributed by atoms with Gasteiger partial charge in [0.25, 0.3) is 0 Å². The number of hydrogen-bond donors (Lipinski definition) is 1. The van der Waals surface area contributed by atoms with Crippen LogP contribution < -0.4 is 14.8 Å². The first kappa shape index (κ1) is 17.1. The lowest BCUT2D eigenvalue weighted by Crippen LogP contribution is -2.32. The van der Waals surface area contributed by atoms with Gasteiger partial charge in [0, 0.05) is 6.54 Å². The van der Waals surface area contributed by atoms with Crippen LogP contribution in [-0.4, -0.2) is 33.5 Å². The van der Waals surface area contributed by atoms with E-state index in [2.05, 4.69) is 5.32 Å². The van der Waals surface area contributed by atoms with Crippen LogP contribution in [0.1, 0.15) is 10.8 Å². The number of hydrogen-bond acceptors (Lipinski definition) is 6. The third-order valence-corrected chi connectivity index (χ3v) is 7.30. The lowest BCUT2D eigenvalue weighted by molar-refractivity contribution is -0.118. The Morgan fingerprint density at radius 3 is 2.79 bits per heavy atom. The quantitative estimate of drug-likeness (QED) is 0.769. The number of alkyl halides is 1. The number of thiophene rings is 1. The molecule has 6 nitrogen and oxygen atoms in total. The summed E-state index contributed by atoms with van der Waals surface area (Å²) in [6.07, 6.45) is 0. The SMILES string of the molecule is O=C(CCl)NC[C@H](c1ccc2c(c1)OCO2)S(=O)(=O)c1cccs1. The first-order valence-corrected chi connectivity index (χ1v) is 9.98. The minimum Gasteiger partial charge on any atom is -0.454 e. The van der Waals surface area contributed by atoms with E-state index in [1.807, 2.05) is 0 Å². The highest BCUT2D eigenvalue weighted by molar-refractivity contribution is 7.93. The molecule has 2 heterocycles. The third-order valence-electron chi connectivity index (χ3n) is 3.52. The van der Waals surface area contributed by atoms with E-state index in [0.717, 1.165) is 11.3 Å². The van der Waals surface area contributed by atoms with E-state index in [0.29, 0.717) is 17.1 Å². The van der Waals surface area contributed by atoms with Crippen molar-refractivity contribution in [1.82, 2.24) is 5.32 Å². The van der Waals surface area contributed by atoms with Crippen LogP contribution in [0.15, 0.2) is 39.9 Å². The summed E-state index contributed by atoms with van der Waals surface area (Å²) in [5, 5.41) is 3.30. The second-order valence-corrected chi connectivity index (χ2v) is 8.59. The van der Waals surface area contributed by atoms with Crippen molar-refractivity contribution in [3.05, 3.63) is 41.3 Å². The highest BCUT2D eigenvalue weighted by atomic mass is 35.5. The zero-order chi connectivity index (χ0) is 17.2. The molecule has 0 radical (unpaired) electrons. The lowest BCUT2D eigenvalue weighted by Gasteiger charge is -2.18. The minimum absolute atomic E-state index is 0.0779. The topological polar surface area (TPSA) is 81.7 Å². The number of ether oxygens (including phenoxy) is 2. The molecule has 3 rings (SSSR count). The number of amides is 1. The largest absolute Gasteiger partial charge is 0.454 e. The third kappa shape index (κ3) is 3.35. The molecule has 0 spiro atoms. The highest BCUT2D eigenvalue weighted by Crippen LogP contribution is 2.38. The summed E-state index contributed by atoms with van der Waals surface area (Å²) >= 11 is 6.61. The van der Waals surface area contributed by atoms with Gasteiger partial charge in [-0.15, -0.1) is 22.9 Å². The number of benzene rings is 1. The van der Waals surface area contributed by atoms with Crippen molar-refractivity contribution in [1.29, 1.82) is 0 Å². The molecule has 1 aromatic carbocycles. The van der Waals surface area contributed by atoms with Crippen molar-refractivity contribution in [2.75, 3.05) is 19.2 Å². The molecule has 0 aliphatic carbocycles. The van der Waals surface area contributed by atoms with Crippen LogP contribution in [0, 0.1) is 0 Å². The van der Waals surface area contributed by atoms with Crippen molar-refractivity contribution in [3.8, 4) is 11.5 Å². The number of halogens is 1. The molecule has 24 heavy (non-hydrogen) atoms. The highest BCUT2D eigenvalue weighted by Gasteiger charge is 2.31. The Morgan fingerprint density at radius 2 is 2.08 bits per heavy atom. The molecule has 128 valence electrons. The fraction of sp³-hybridized carbons (Fsp3) is 0.267. The molecule has 2 aromatic rings. The van der Waals surface area contributed by atoms with Gasteiger partial charge in [0.2, 0.25) is 12.7 Å². The van der Waals surface area contributed by atoms with E-state index >= 15 is 0 Å². The van der Waals surface area contributed by atoms with Gasteiger partial charge in [-0.2, -0.15) is 0 Å². The molecule has 1 aliphatic rings. The number of nitrogens with one attached hydrogen (secondary N) is 1. The number of rotatable bonds is 6. The Kier molecular flexibility index (Phi) is 4.98. The first-order valence-electron chi connectivity index (χ1n) is 7.02. The minimum atomic E-state index is -3.67. The summed E-state index contributed by atoms with van der Waals surface area (Å²) in [7, 11) is -3.67. The Morgan fingerprint density at radius 1 is 1.29 bits per heavy atom. The van der Waals surface area contributed by atoms with Crippen LogP contribution in [0.25, 0.3) is 0 Å². The van der Waals surface area contributed by atoms with Crippen LogP contribution in [-0.2, 0) is 14.6 Å². The summed E-state index contributed by atoms with van der Waals surface area (Å²) in [4.78, 5) is 11.5. The average molecular weight is 388 g/mol. The molecule has 1 N–H and O–H groups in total. The maximum Gasteiger partial charge on any atom is 0.234 e. The summed E-state index contributed by atoms with van der Waals surface area (Å²) in [5.74, 6) is 0.398. The summed E-state index contributed by atoms with van der Waals surface area (Å²) in [6.45, 7) is 0.0234. The number of fused-ring (bicyclic) bond motifs is 1. The van der Waals surface area contributed by atoms with Gasteiger partial charge in [-0.05, 0) is 29.1 Å². The normalized spacial score (nSPS) is 14.4. The molecule has 0 bridgehead atoms.